The second kappa shape index (κ2) is 5.17. The zero-order valence-corrected chi connectivity index (χ0v) is 11.7. The summed E-state index contributed by atoms with van der Waals surface area (Å²) in [4.78, 5) is 0. The molecule has 0 radical (unpaired) electrons. The number of ether oxygens (including phenoxy) is 2. The van der Waals surface area contributed by atoms with Crippen LogP contribution in [0.1, 0.15) is 28.4 Å². The minimum atomic E-state index is -0.703. The molecule has 0 saturated heterocycles. The van der Waals surface area contributed by atoms with Crippen LogP contribution in [0.3, 0.4) is 0 Å². The van der Waals surface area contributed by atoms with Crippen molar-refractivity contribution < 1.29 is 14.6 Å². The van der Waals surface area contributed by atoms with Crippen LogP contribution in [-0.2, 0) is 0 Å². The van der Waals surface area contributed by atoms with Gasteiger partial charge in [0.15, 0.2) is 11.5 Å². The summed E-state index contributed by atoms with van der Waals surface area (Å²) in [6.07, 6.45) is -0.703. The van der Waals surface area contributed by atoms with Crippen LogP contribution in [0.5, 0.6) is 11.5 Å². The van der Waals surface area contributed by atoms with Crippen LogP contribution >= 0.6 is 0 Å². The van der Waals surface area contributed by atoms with Gasteiger partial charge in [-0.1, -0.05) is 41.5 Å². The van der Waals surface area contributed by atoms with Crippen LogP contribution < -0.4 is 9.47 Å². The standard InChI is InChI=1S/C17H18O3/c1-11-8-12(2)10-13(9-11)16(18)14-4-3-5-15-17(14)20-7-6-19-15/h3-5,8-10,16,18H,6-7H2,1-2H3. The molecule has 1 aliphatic heterocycles. The van der Waals surface area contributed by atoms with Crippen LogP contribution in [0.2, 0.25) is 0 Å². The highest BCUT2D eigenvalue weighted by Crippen LogP contribution is 2.39. The monoisotopic (exact) mass is 270 g/mol. The summed E-state index contributed by atoms with van der Waals surface area (Å²) in [6.45, 7) is 5.13. The first-order chi connectivity index (χ1) is 9.65. The molecule has 1 aliphatic rings. The molecular weight excluding hydrogens is 252 g/mol. The van der Waals surface area contributed by atoms with Crippen molar-refractivity contribution in [2.75, 3.05) is 13.2 Å². The lowest BCUT2D eigenvalue weighted by Crippen LogP contribution is -2.17. The van der Waals surface area contributed by atoms with E-state index in [0.717, 1.165) is 22.3 Å². The van der Waals surface area contributed by atoms with E-state index in [2.05, 4.69) is 6.07 Å². The second-order valence-corrected chi connectivity index (χ2v) is 5.20. The van der Waals surface area contributed by atoms with Crippen molar-refractivity contribution in [3.05, 3.63) is 58.7 Å². The van der Waals surface area contributed by atoms with E-state index in [1.165, 1.54) is 0 Å². The van der Waals surface area contributed by atoms with Gasteiger partial charge in [-0.2, -0.15) is 0 Å². The Morgan fingerprint density at radius 1 is 1.00 bits per heavy atom. The molecule has 20 heavy (non-hydrogen) atoms. The SMILES string of the molecule is Cc1cc(C)cc(C(O)c2cccc3c2OCCO3)c1. The molecule has 3 rings (SSSR count). The Morgan fingerprint density at radius 3 is 2.45 bits per heavy atom. The normalized spacial score (nSPS) is 14.9. The Hall–Kier alpha value is -2.00. The number of benzene rings is 2. The quantitative estimate of drug-likeness (QED) is 0.911. The summed E-state index contributed by atoms with van der Waals surface area (Å²) in [7, 11) is 0. The maximum atomic E-state index is 10.7. The first-order valence-corrected chi connectivity index (χ1v) is 6.80. The highest BCUT2D eigenvalue weighted by molar-refractivity contribution is 5.51. The molecule has 3 nitrogen and oxygen atoms in total. The van der Waals surface area contributed by atoms with Crippen molar-refractivity contribution in [1.82, 2.24) is 0 Å². The average Bonchev–Trinajstić information content (AvgIpc) is 2.45. The van der Waals surface area contributed by atoms with Crippen molar-refractivity contribution in [2.24, 2.45) is 0 Å². The van der Waals surface area contributed by atoms with Gasteiger partial charge in [-0.05, 0) is 25.5 Å². The predicted octanol–water partition coefficient (Wildman–Crippen LogP) is 3.16. The number of rotatable bonds is 2. The topological polar surface area (TPSA) is 38.7 Å². The molecule has 0 spiro atoms. The number of aliphatic hydroxyl groups excluding tert-OH is 1. The molecular formula is C17H18O3. The number of aliphatic hydroxyl groups is 1. The fourth-order valence-corrected chi connectivity index (χ4v) is 2.66. The average molecular weight is 270 g/mol. The minimum absolute atomic E-state index is 0.517. The molecule has 0 aromatic heterocycles. The van der Waals surface area contributed by atoms with Crippen LogP contribution in [0, 0.1) is 13.8 Å². The van der Waals surface area contributed by atoms with Gasteiger partial charge >= 0.3 is 0 Å². The van der Waals surface area contributed by atoms with Gasteiger partial charge in [-0.15, -0.1) is 0 Å². The van der Waals surface area contributed by atoms with E-state index in [0.29, 0.717) is 24.7 Å². The van der Waals surface area contributed by atoms with E-state index in [4.69, 9.17) is 9.47 Å². The van der Waals surface area contributed by atoms with Gasteiger partial charge < -0.3 is 14.6 Å². The zero-order chi connectivity index (χ0) is 14.1. The lowest BCUT2D eigenvalue weighted by molar-refractivity contribution is 0.158. The Balaban J connectivity index is 2.04. The Labute approximate surface area is 118 Å². The minimum Gasteiger partial charge on any atom is -0.486 e. The highest BCUT2D eigenvalue weighted by atomic mass is 16.6. The summed E-state index contributed by atoms with van der Waals surface area (Å²) in [5.41, 5.74) is 3.92. The van der Waals surface area contributed by atoms with Crippen LogP contribution in [0.4, 0.5) is 0 Å². The lowest BCUT2D eigenvalue weighted by Gasteiger charge is -2.23. The molecule has 0 bridgehead atoms. The number of aryl methyl sites for hydroxylation is 2. The van der Waals surface area contributed by atoms with E-state index in [9.17, 15) is 5.11 Å². The zero-order valence-electron chi connectivity index (χ0n) is 11.7. The molecule has 104 valence electrons. The number of para-hydroxylation sites is 1. The summed E-state index contributed by atoms with van der Waals surface area (Å²) >= 11 is 0. The van der Waals surface area contributed by atoms with Gasteiger partial charge in [0.05, 0.1) is 0 Å². The van der Waals surface area contributed by atoms with Gasteiger partial charge in [0.25, 0.3) is 0 Å². The Bertz CT molecular complexity index is 614. The molecule has 0 amide bonds. The van der Waals surface area contributed by atoms with Crippen molar-refractivity contribution in [1.29, 1.82) is 0 Å². The summed E-state index contributed by atoms with van der Waals surface area (Å²) in [6, 6.07) is 11.7. The van der Waals surface area contributed by atoms with E-state index in [1.54, 1.807) is 0 Å². The first-order valence-electron chi connectivity index (χ1n) is 6.80. The Kier molecular flexibility index (Phi) is 3.36. The Morgan fingerprint density at radius 2 is 1.70 bits per heavy atom. The van der Waals surface area contributed by atoms with Gasteiger partial charge in [0.1, 0.15) is 19.3 Å². The van der Waals surface area contributed by atoms with E-state index in [-0.39, 0.29) is 0 Å². The predicted molar refractivity (Wildman–Crippen MR) is 77.4 cm³/mol. The summed E-state index contributed by atoms with van der Waals surface area (Å²) in [5.74, 6) is 1.36. The summed E-state index contributed by atoms with van der Waals surface area (Å²) in [5, 5.41) is 10.7. The van der Waals surface area contributed by atoms with Gasteiger partial charge in [0.2, 0.25) is 0 Å². The molecule has 2 aromatic carbocycles. The maximum absolute atomic E-state index is 10.7. The molecule has 1 unspecified atom stereocenters. The molecule has 1 heterocycles. The number of fused-ring (bicyclic) bond motifs is 1. The van der Waals surface area contributed by atoms with Gasteiger partial charge in [-0.3, -0.25) is 0 Å². The van der Waals surface area contributed by atoms with Crippen molar-refractivity contribution in [3.8, 4) is 11.5 Å². The van der Waals surface area contributed by atoms with E-state index < -0.39 is 6.10 Å². The molecule has 1 N–H and O–H groups in total. The third-order valence-corrected chi connectivity index (χ3v) is 3.45. The van der Waals surface area contributed by atoms with Crippen LogP contribution in [-0.4, -0.2) is 18.3 Å². The molecule has 2 aromatic rings. The third-order valence-electron chi connectivity index (χ3n) is 3.45. The van der Waals surface area contributed by atoms with Crippen LogP contribution in [0.25, 0.3) is 0 Å². The fourth-order valence-electron chi connectivity index (χ4n) is 2.66. The maximum Gasteiger partial charge on any atom is 0.167 e. The molecule has 0 aliphatic carbocycles. The molecule has 0 saturated carbocycles. The molecule has 0 fully saturated rings. The highest BCUT2D eigenvalue weighted by Gasteiger charge is 2.21. The van der Waals surface area contributed by atoms with Crippen molar-refractivity contribution in [3.63, 3.8) is 0 Å². The smallest absolute Gasteiger partial charge is 0.167 e. The second-order valence-electron chi connectivity index (χ2n) is 5.20. The van der Waals surface area contributed by atoms with Gasteiger partial charge in [-0.25, -0.2) is 0 Å². The lowest BCUT2D eigenvalue weighted by atomic mass is 9.97. The van der Waals surface area contributed by atoms with Crippen molar-refractivity contribution >= 4 is 0 Å². The summed E-state index contributed by atoms with van der Waals surface area (Å²) < 4.78 is 11.2. The van der Waals surface area contributed by atoms with Gasteiger partial charge in [0, 0.05) is 5.56 Å². The molecule has 1 atom stereocenters. The van der Waals surface area contributed by atoms with Crippen molar-refractivity contribution in [2.45, 2.75) is 20.0 Å². The van der Waals surface area contributed by atoms with E-state index in [1.807, 2.05) is 44.2 Å². The first kappa shape index (κ1) is 13.0. The third kappa shape index (κ3) is 2.37. The van der Waals surface area contributed by atoms with Crippen LogP contribution in [0.15, 0.2) is 36.4 Å². The number of hydrogen-bond acceptors (Lipinski definition) is 3. The molecule has 3 heteroatoms. The van der Waals surface area contributed by atoms with E-state index >= 15 is 0 Å². The number of hydrogen-bond donors (Lipinski definition) is 1. The fraction of sp³-hybridized carbons (Fsp3) is 0.294. The largest absolute Gasteiger partial charge is 0.486 e.